The van der Waals surface area contributed by atoms with Crippen LogP contribution in [-0.2, 0) is 12.8 Å². The molecule has 4 rings (SSSR count). The van der Waals surface area contributed by atoms with Gasteiger partial charge in [0, 0.05) is 23.7 Å². The Morgan fingerprint density at radius 3 is 2.07 bits per heavy atom. The zero-order valence-electron chi connectivity index (χ0n) is 17.3. The maximum absolute atomic E-state index is 5.88. The maximum Gasteiger partial charge on any atom is 0.204 e. The van der Waals surface area contributed by atoms with E-state index in [9.17, 15) is 0 Å². The molecule has 2 aromatic carbocycles. The van der Waals surface area contributed by atoms with E-state index >= 15 is 0 Å². The zero-order chi connectivity index (χ0) is 20.0. The summed E-state index contributed by atoms with van der Waals surface area (Å²) in [6.07, 6.45) is 1.80. The third-order valence-corrected chi connectivity index (χ3v) is 5.99. The number of fused-ring (bicyclic) bond motifs is 2. The number of hydrogen-bond donors (Lipinski definition) is 0. The van der Waals surface area contributed by atoms with Crippen LogP contribution >= 0.6 is 0 Å². The molecule has 0 unspecified atom stereocenters. The van der Waals surface area contributed by atoms with Crippen LogP contribution in [0.1, 0.15) is 22.7 Å². The molecule has 0 aromatic heterocycles. The van der Waals surface area contributed by atoms with Gasteiger partial charge in [-0.1, -0.05) is 0 Å². The van der Waals surface area contributed by atoms with Crippen LogP contribution in [0.3, 0.4) is 0 Å². The number of benzene rings is 2. The number of likely N-dealkylation sites (N-methyl/N-ethyl adjacent to an activating group) is 1. The zero-order valence-corrected chi connectivity index (χ0v) is 17.3. The monoisotopic (exact) mass is 385 g/mol. The van der Waals surface area contributed by atoms with E-state index in [4.69, 9.17) is 23.7 Å². The van der Waals surface area contributed by atoms with Gasteiger partial charge in [-0.05, 0) is 48.7 Å². The Labute approximate surface area is 165 Å². The molecule has 0 radical (unpaired) electrons. The Hall–Kier alpha value is -2.60. The van der Waals surface area contributed by atoms with E-state index < -0.39 is 0 Å². The van der Waals surface area contributed by atoms with Crippen molar-refractivity contribution in [1.82, 2.24) is 4.90 Å². The van der Waals surface area contributed by atoms with Crippen molar-refractivity contribution in [2.75, 3.05) is 49.1 Å². The van der Waals surface area contributed by atoms with Gasteiger partial charge in [-0.2, -0.15) is 0 Å². The van der Waals surface area contributed by atoms with E-state index in [0.29, 0.717) is 17.2 Å². The minimum Gasteiger partial charge on any atom is -0.493 e. The molecule has 150 valence electrons. The molecule has 0 amide bonds. The fraction of sp³-hybridized carbons (Fsp3) is 0.455. The van der Waals surface area contributed by atoms with Crippen molar-refractivity contribution in [2.45, 2.75) is 18.9 Å². The van der Waals surface area contributed by atoms with Gasteiger partial charge in [-0.25, -0.2) is 0 Å². The van der Waals surface area contributed by atoms with Crippen molar-refractivity contribution >= 4 is 0 Å². The molecule has 0 N–H and O–H groups in total. The van der Waals surface area contributed by atoms with Gasteiger partial charge in [0.15, 0.2) is 23.0 Å². The molecule has 1 aliphatic carbocycles. The van der Waals surface area contributed by atoms with E-state index in [1.54, 1.807) is 35.5 Å². The van der Waals surface area contributed by atoms with Gasteiger partial charge < -0.3 is 23.7 Å². The van der Waals surface area contributed by atoms with Crippen molar-refractivity contribution in [3.63, 3.8) is 0 Å². The average molecular weight is 385 g/mol. The second-order valence-corrected chi connectivity index (χ2v) is 7.18. The summed E-state index contributed by atoms with van der Waals surface area (Å²) >= 11 is 0. The third kappa shape index (κ3) is 2.51. The Balaban J connectivity index is 2.11. The van der Waals surface area contributed by atoms with Crippen LogP contribution in [-0.4, -0.2) is 54.0 Å². The van der Waals surface area contributed by atoms with Gasteiger partial charge in [0.25, 0.3) is 0 Å². The molecular weight excluding hydrogens is 358 g/mol. The standard InChI is InChI=1S/C22H27NO5/c1-23-8-7-13-18-15(23)9-12-10-16(24-2)17(25-3)11-14(12)19(18)21(27-5)22(28-6)20(13)26-4/h10-11,15H,7-9H2,1-6H3/t15-/m0/s1. The number of methoxy groups -OCH3 is 5. The fourth-order valence-corrected chi connectivity index (χ4v) is 4.68. The Kier molecular flexibility index (Phi) is 4.75. The lowest BCUT2D eigenvalue weighted by Crippen LogP contribution is -2.36. The average Bonchev–Trinajstić information content (AvgIpc) is 2.73. The van der Waals surface area contributed by atoms with Crippen LogP contribution in [0.15, 0.2) is 12.1 Å². The smallest absolute Gasteiger partial charge is 0.204 e. The lowest BCUT2D eigenvalue weighted by molar-refractivity contribution is 0.222. The molecule has 1 atom stereocenters. The quantitative estimate of drug-likeness (QED) is 0.785. The second kappa shape index (κ2) is 7.09. The molecule has 1 heterocycles. The molecule has 28 heavy (non-hydrogen) atoms. The topological polar surface area (TPSA) is 49.4 Å². The van der Waals surface area contributed by atoms with Gasteiger partial charge in [-0.15, -0.1) is 0 Å². The van der Waals surface area contributed by atoms with Crippen molar-refractivity contribution in [1.29, 1.82) is 0 Å². The minimum atomic E-state index is 0.248. The Morgan fingerprint density at radius 1 is 0.821 bits per heavy atom. The molecule has 6 nitrogen and oxygen atoms in total. The van der Waals surface area contributed by atoms with Crippen molar-refractivity contribution in [2.24, 2.45) is 0 Å². The summed E-state index contributed by atoms with van der Waals surface area (Å²) < 4.78 is 28.5. The Bertz CT molecular complexity index is 924. The first-order valence-corrected chi connectivity index (χ1v) is 9.39. The number of rotatable bonds is 5. The van der Waals surface area contributed by atoms with E-state index in [1.807, 2.05) is 6.07 Å². The highest BCUT2D eigenvalue weighted by Crippen LogP contribution is 2.57. The minimum absolute atomic E-state index is 0.248. The van der Waals surface area contributed by atoms with Gasteiger partial charge >= 0.3 is 0 Å². The highest BCUT2D eigenvalue weighted by atomic mass is 16.5. The van der Waals surface area contributed by atoms with Crippen molar-refractivity contribution < 1.29 is 23.7 Å². The number of ether oxygens (including phenoxy) is 5. The second-order valence-electron chi connectivity index (χ2n) is 7.18. The molecular formula is C22H27NO5. The van der Waals surface area contributed by atoms with Crippen LogP contribution in [0.4, 0.5) is 0 Å². The lowest BCUT2D eigenvalue weighted by atomic mass is 9.76. The van der Waals surface area contributed by atoms with Crippen molar-refractivity contribution in [3.8, 4) is 39.9 Å². The fourth-order valence-electron chi connectivity index (χ4n) is 4.68. The van der Waals surface area contributed by atoms with Crippen molar-refractivity contribution in [3.05, 3.63) is 28.8 Å². The molecule has 0 saturated heterocycles. The van der Waals surface area contributed by atoms with Crippen LogP contribution < -0.4 is 23.7 Å². The summed E-state index contributed by atoms with van der Waals surface area (Å²) in [6, 6.07) is 4.37. The summed E-state index contributed by atoms with van der Waals surface area (Å²) in [6.45, 7) is 0.964. The molecule has 0 fully saturated rings. The lowest BCUT2D eigenvalue weighted by Gasteiger charge is -2.41. The first-order chi connectivity index (χ1) is 13.6. The van der Waals surface area contributed by atoms with Gasteiger partial charge in [0.1, 0.15) is 0 Å². The molecule has 0 bridgehead atoms. The summed E-state index contributed by atoms with van der Waals surface area (Å²) in [5, 5.41) is 0. The summed E-state index contributed by atoms with van der Waals surface area (Å²) in [4.78, 5) is 2.40. The highest BCUT2D eigenvalue weighted by molar-refractivity contribution is 5.87. The summed E-state index contributed by atoms with van der Waals surface area (Å²) in [7, 11) is 10.5. The predicted octanol–water partition coefficient (Wildman–Crippen LogP) is 3.48. The SMILES string of the molecule is COc1cc2c(cc1OC)-c1c(OC)c(OC)c(OC)c3c1[C@H](C2)N(C)CC3. The van der Waals surface area contributed by atoms with E-state index in [0.717, 1.165) is 42.0 Å². The largest absolute Gasteiger partial charge is 0.493 e. The van der Waals surface area contributed by atoms with Crippen LogP contribution in [0.25, 0.3) is 11.1 Å². The molecule has 2 aromatic rings. The summed E-state index contributed by atoms with van der Waals surface area (Å²) in [5.74, 6) is 3.56. The normalized spacial score (nSPS) is 17.4. The molecule has 0 saturated carbocycles. The number of hydrogen-bond acceptors (Lipinski definition) is 6. The van der Waals surface area contributed by atoms with E-state index in [2.05, 4.69) is 18.0 Å². The molecule has 1 aliphatic heterocycles. The predicted molar refractivity (Wildman–Crippen MR) is 107 cm³/mol. The van der Waals surface area contributed by atoms with Crippen LogP contribution in [0.2, 0.25) is 0 Å². The Morgan fingerprint density at radius 2 is 1.46 bits per heavy atom. The summed E-state index contributed by atoms with van der Waals surface area (Å²) in [5.41, 5.74) is 5.84. The maximum atomic E-state index is 5.88. The van der Waals surface area contributed by atoms with Crippen LogP contribution in [0, 0.1) is 0 Å². The molecule has 6 heteroatoms. The van der Waals surface area contributed by atoms with Gasteiger partial charge in [0.05, 0.1) is 35.5 Å². The van der Waals surface area contributed by atoms with Crippen LogP contribution in [0.5, 0.6) is 28.7 Å². The number of nitrogens with zero attached hydrogens (tertiary/aromatic N) is 1. The van der Waals surface area contributed by atoms with Gasteiger partial charge in [0.2, 0.25) is 5.75 Å². The first-order valence-electron chi connectivity index (χ1n) is 9.39. The van der Waals surface area contributed by atoms with E-state index in [1.165, 1.54) is 16.7 Å². The van der Waals surface area contributed by atoms with E-state index in [-0.39, 0.29) is 6.04 Å². The molecule has 2 aliphatic rings. The first kappa shape index (κ1) is 18.7. The molecule has 0 spiro atoms. The van der Waals surface area contributed by atoms with Gasteiger partial charge in [-0.3, -0.25) is 4.90 Å². The highest BCUT2D eigenvalue weighted by Gasteiger charge is 2.39. The third-order valence-electron chi connectivity index (χ3n) is 5.99.